The van der Waals surface area contributed by atoms with Crippen LogP contribution in [0.2, 0.25) is 5.02 Å². The Hall–Kier alpha value is -2.01. The summed E-state index contributed by atoms with van der Waals surface area (Å²) in [6.07, 6.45) is 1.27. The van der Waals surface area contributed by atoms with Crippen molar-refractivity contribution < 1.29 is 19.1 Å². The van der Waals surface area contributed by atoms with Crippen molar-refractivity contribution in [3.8, 4) is 5.75 Å². The van der Waals surface area contributed by atoms with Crippen molar-refractivity contribution in [2.45, 2.75) is 37.5 Å². The minimum absolute atomic E-state index is 0.0636. The van der Waals surface area contributed by atoms with Gasteiger partial charge in [-0.25, -0.2) is 4.79 Å². The van der Waals surface area contributed by atoms with Gasteiger partial charge in [0.2, 0.25) is 11.8 Å². The minimum Gasteiger partial charge on any atom is -0.495 e. The number of anilines is 1. The van der Waals surface area contributed by atoms with E-state index in [9.17, 15) is 14.4 Å². The number of ether oxygens (including phenoxy) is 1. The zero-order valence-electron chi connectivity index (χ0n) is 18.0. The molecule has 11 heteroatoms. The van der Waals surface area contributed by atoms with Crippen LogP contribution in [-0.4, -0.2) is 72.3 Å². The fraction of sp³-hybridized carbons (Fsp3) is 0.550. The van der Waals surface area contributed by atoms with E-state index in [-0.39, 0.29) is 35.1 Å². The first-order chi connectivity index (χ1) is 14.8. The molecule has 0 aromatic heterocycles. The number of amides is 4. The third kappa shape index (κ3) is 5.08. The highest BCUT2D eigenvalue weighted by molar-refractivity contribution is 8.00. The van der Waals surface area contributed by atoms with Gasteiger partial charge in [-0.1, -0.05) is 24.9 Å². The van der Waals surface area contributed by atoms with Crippen molar-refractivity contribution in [2.24, 2.45) is 5.92 Å². The molecule has 9 nitrogen and oxygen atoms in total. The molecule has 1 aromatic carbocycles. The Labute approximate surface area is 191 Å². The molecule has 2 heterocycles. The van der Waals surface area contributed by atoms with E-state index in [0.29, 0.717) is 16.5 Å². The predicted octanol–water partition coefficient (Wildman–Crippen LogP) is 2.13. The molecule has 3 N–H and O–H groups in total. The quantitative estimate of drug-likeness (QED) is 0.562. The number of thioether (sulfide) groups is 1. The van der Waals surface area contributed by atoms with Crippen molar-refractivity contribution in [1.29, 1.82) is 0 Å². The standard InChI is InChI=1S/C20H28ClN5O4S/c1-5-6-14-23-17-16(19(28)26(3)20(29)25(17)2)18(24-14)31-10-15(27)22-12-9-11(21)7-8-13(12)30-4/h7-9,14,16-18,23-24H,5-6,10H2,1-4H3,(H,22,27). The summed E-state index contributed by atoms with van der Waals surface area (Å²) in [4.78, 5) is 40.6. The van der Waals surface area contributed by atoms with Gasteiger partial charge in [-0.3, -0.25) is 25.1 Å². The fourth-order valence-electron chi connectivity index (χ4n) is 3.85. The van der Waals surface area contributed by atoms with Gasteiger partial charge in [0.15, 0.2) is 0 Å². The third-order valence-corrected chi connectivity index (χ3v) is 6.88. The van der Waals surface area contributed by atoms with Gasteiger partial charge in [-0.2, -0.15) is 0 Å². The van der Waals surface area contributed by atoms with Gasteiger partial charge in [0, 0.05) is 19.1 Å². The minimum atomic E-state index is -0.515. The molecule has 1 aromatic rings. The molecule has 4 atom stereocenters. The van der Waals surface area contributed by atoms with Crippen LogP contribution in [0.3, 0.4) is 0 Å². The smallest absolute Gasteiger partial charge is 0.327 e. The van der Waals surface area contributed by atoms with E-state index in [1.165, 1.54) is 25.9 Å². The number of imide groups is 1. The van der Waals surface area contributed by atoms with E-state index in [1.54, 1.807) is 30.1 Å². The Morgan fingerprint density at radius 3 is 2.71 bits per heavy atom. The molecule has 31 heavy (non-hydrogen) atoms. The van der Waals surface area contributed by atoms with Crippen LogP contribution in [0.4, 0.5) is 10.5 Å². The summed E-state index contributed by atoms with van der Waals surface area (Å²) < 4.78 is 5.27. The van der Waals surface area contributed by atoms with E-state index >= 15 is 0 Å². The molecule has 170 valence electrons. The molecule has 0 radical (unpaired) electrons. The summed E-state index contributed by atoms with van der Waals surface area (Å²) in [6, 6.07) is 4.65. The molecule has 0 spiro atoms. The van der Waals surface area contributed by atoms with E-state index in [2.05, 4.69) is 22.9 Å². The van der Waals surface area contributed by atoms with Crippen LogP contribution in [0.5, 0.6) is 5.75 Å². The average molecular weight is 470 g/mol. The lowest BCUT2D eigenvalue weighted by atomic mass is 9.96. The zero-order valence-corrected chi connectivity index (χ0v) is 19.5. The van der Waals surface area contributed by atoms with Gasteiger partial charge in [0.05, 0.1) is 42.2 Å². The SMILES string of the molecule is CCCC1NC(SCC(=O)Nc2cc(Cl)ccc2OC)C2C(=O)N(C)C(=O)N(C)C2N1. The monoisotopic (exact) mass is 469 g/mol. The van der Waals surface area contributed by atoms with Crippen LogP contribution in [0, 0.1) is 5.92 Å². The molecule has 0 bridgehead atoms. The molecular formula is C20H28ClN5O4S. The molecule has 2 aliphatic heterocycles. The van der Waals surface area contributed by atoms with Crippen LogP contribution in [-0.2, 0) is 9.59 Å². The Morgan fingerprint density at radius 2 is 2.03 bits per heavy atom. The molecule has 4 unspecified atom stereocenters. The zero-order chi connectivity index (χ0) is 22.7. The van der Waals surface area contributed by atoms with Crippen LogP contribution < -0.4 is 20.7 Å². The average Bonchev–Trinajstić information content (AvgIpc) is 2.74. The van der Waals surface area contributed by atoms with E-state index in [4.69, 9.17) is 16.3 Å². The number of fused-ring (bicyclic) bond motifs is 1. The number of halogens is 1. The number of nitrogens with zero attached hydrogens (tertiary/aromatic N) is 2. The third-order valence-electron chi connectivity index (χ3n) is 5.43. The summed E-state index contributed by atoms with van der Waals surface area (Å²) >= 11 is 7.37. The largest absolute Gasteiger partial charge is 0.495 e. The first kappa shape index (κ1) is 23.6. The van der Waals surface area contributed by atoms with Crippen molar-refractivity contribution in [3.63, 3.8) is 0 Å². The summed E-state index contributed by atoms with van der Waals surface area (Å²) in [7, 11) is 4.68. The van der Waals surface area contributed by atoms with Gasteiger partial charge < -0.3 is 15.0 Å². The van der Waals surface area contributed by atoms with Gasteiger partial charge in [0.1, 0.15) is 5.75 Å². The molecule has 0 aliphatic carbocycles. The lowest BCUT2D eigenvalue weighted by Gasteiger charge is -2.50. The fourth-order valence-corrected chi connectivity index (χ4v) is 5.16. The highest BCUT2D eigenvalue weighted by Crippen LogP contribution is 2.32. The number of carbonyl (C=O) groups is 3. The van der Waals surface area contributed by atoms with Crippen LogP contribution in [0.25, 0.3) is 0 Å². The first-order valence-electron chi connectivity index (χ1n) is 10.1. The van der Waals surface area contributed by atoms with Crippen molar-refractivity contribution in [1.82, 2.24) is 20.4 Å². The highest BCUT2D eigenvalue weighted by Gasteiger charge is 2.50. The normalized spacial score (nSPS) is 26.0. The number of rotatable bonds is 7. The Morgan fingerprint density at radius 1 is 1.29 bits per heavy atom. The maximum absolute atomic E-state index is 12.9. The van der Waals surface area contributed by atoms with Gasteiger partial charge in [-0.05, 0) is 24.6 Å². The van der Waals surface area contributed by atoms with Crippen LogP contribution in [0.1, 0.15) is 19.8 Å². The lowest BCUT2D eigenvalue weighted by Crippen LogP contribution is -2.74. The number of hydrogen-bond donors (Lipinski definition) is 3. The molecule has 3 rings (SSSR count). The van der Waals surface area contributed by atoms with Gasteiger partial charge in [-0.15, -0.1) is 11.8 Å². The van der Waals surface area contributed by atoms with Crippen molar-refractivity contribution in [2.75, 3.05) is 32.3 Å². The van der Waals surface area contributed by atoms with Gasteiger partial charge >= 0.3 is 6.03 Å². The second-order valence-electron chi connectivity index (χ2n) is 7.56. The van der Waals surface area contributed by atoms with E-state index < -0.39 is 12.1 Å². The first-order valence-corrected chi connectivity index (χ1v) is 11.5. The number of nitrogens with one attached hydrogen (secondary N) is 3. The number of urea groups is 1. The predicted molar refractivity (Wildman–Crippen MR) is 121 cm³/mol. The molecule has 2 saturated heterocycles. The molecule has 0 saturated carbocycles. The van der Waals surface area contributed by atoms with E-state index in [0.717, 1.165) is 17.7 Å². The molecular weight excluding hydrogens is 442 g/mol. The number of carbonyl (C=O) groups excluding carboxylic acids is 3. The molecule has 2 aliphatic rings. The van der Waals surface area contributed by atoms with Gasteiger partial charge in [0.25, 0.3) is 0 Å². The summed E-state index contributed by atoms with van der Waals surface area (Å²) in [6.45, 7) is 2.07. The second-order valence-corrected chi connectivity index (χ2v) is 9.13. The Bertz CT molecular complexity index is 857. The van der Waals surface area contributed by atoms with Crippen LogP contribution >= 0.6 is 23.4 Å². The number of hydrogen-bond acceptors (Lipinski definition) is 7. The lowest BCUT2D eigenvalue weighted by molar-refractivity contribution is -0.140. The highest BCUT2D eigenvalue weighted by atomic mass is 35.5. The van der Waals surface area contributed by atoms with Crippen molar-refractivity contribution >= 4 is 46.9 Å². The maximum Gasteiger partial charge on any atom is 0.327 e. The maximum atomic E-state index is 12.9. The summed E-state index contributed by atoms with van der Waals surface area (Å²) in [5, 5.41) is 9.76. The summed E-state index contributed by atoms with van der Waals surface area (Å²) in [5.74, 6) is -0.397. The topological polar surface area (TPSA) is 103 Å². The van der Waals surface area contributed by atoms with E-state index in [1.807, 2.05) is 0 Å². The molecule has 4 amide bonds. The number of benzene rings is 1. The Kier molecular flexibility index (Phi) is 7.68. The Balaban J connectivity index is 1.72. The number of methoxy groups -OCH3 is 1. The van der Waals surface area contributed by atoms with Crippen LogP contribution in [0.15, 0.2) is 18.2 Å². The molecule has 2 fully saturated rings. The second kappa shape index (κ2) is 10.1. The summed E-state index contributed by atoms with van der Waals surface area (Å²) in [5.41, 5.74) is 0.486. The van der Waals surface area contributed by atoms with Crippen molar-refractivity contribution in [3.05, 3.63) is 23.2 Å².